The molecule has 8 heteroatoms. The summed E-state index contributed by atoms with van der Waals surface area (Å²) >= 11 is 7.55. The van der Waals surface area contributed by atoms with Crippen LogP contribution in [0.25, 0.3) is 0 Å². The number of sulfonamides is 1. The second-order valence-corrected chi connectivity index (χ2v) is 8.21. The van der Waals surface area contributed by atoms with Crippen LogP contribution < -0.4 is 5.73 Å². The highest BCUT2D eigenvalue weighted by Gasteiger charge is 2.31. The fourth-order valence-corrected chi connectivity index (χ4v) is 5.16. The van der Waals surface area contributed by atoms with Gasteiger partial charge in [-0.1, -0.05) is 18.5 Å². The zero-order valence-corrected chi connectivity index (χ0v) is 12.7. The molecule has 0 aliphatic carbocycles. The highest BCUT2D eigenvalue weighted by molar-refractivity contribution is 8.00. The lowest BCUT2D eigenvalue weighted by Gasteiger charge is -2.30. The molecule has 0 saturated carbocycles. The number of nitrogens with zero attached hydrogens (tertiary/aromatic N) is 1. The molecule has 1 aliphatic rings. The van der Waals surface area contributed by atoms with Crippen molar-refractivity contribution in [1.82, 2.24) is 4.31 Å². The van der Waals surface area contributed by atoms with Gasteiger partial charge < -0.3 is 5.73 Å². The molecule has 0 spiro atoms. The van der Waals surface area contributed by atoms with Gasteiger partial charge in [-0.25, -0.2) is 12.8 Å². The molecule has 1 fully saturated rings. The Labute approximate surface area is 121 Å². The van der Waals surface area contributed by atoms with Crippen LogP contribution >= 0.6 is 23.4 Å². The molecule has 0 radical (unpaired) electrons. The second-order valence-electron chi connectivity index (χ2n) is 4.35. The molecule has 1 saturated heterocycles. The van der Waals surface area contributed by atoms with Crippen molar-refractivity contribution < 1.29 is 12.8 Å². The Morgan fingerprint density at radius 1 is 1.53 bits per heavy atom. The lowest BCUT2D eigenvalue weighted by atomic mass is 10.3. The van der Waals surface area contributed by atoms with Crippen LogP contribution in [0.1, 0.15) is 6.92 Å². The maximum atomic E-state index is 13.2. The third-order valence-corrected chi connectivity index (χ3v) is 6.34. The summed E-state index contributed by atoms with van der Waals surface area (Å²) < 4.78 is 39.5. The van der Waals surface area contributed by atoms with Crippen molar-refractivity contribution in [2.24, 2.45) is 0 Å². The molecule has 0 bridgehead atoms. The van der Waals surface area contributed by atoms with Crippen LogP contribution in [-0.2, 0) is 10.0 Å². The second kappa shape index (κ2) is 5.47. The SMILES string of the molecule is CC1CN(S(=O)(=O)c2cc(N)c(F)cc2Cl)CCS1. The number of hydrogen-bond donors (Lipinski definition) is 1. The Kier molecular flexibility index (Phi) is 4.29. The largest absolute Gasteiger partial charge is 0.396 e. The smallest absolute Gasteiger partial charge is 0.244 e. The van der Waals surface area contributed by atoms with Crippen LogP contribution in [0.2, 0.25) is 5.02 Å². The van der Waals surface area contributed by atoms with Gasteiger partial charge in [0.1, 0.15) is 10.7 Å². The molecule has 1 aromatic rings. The summed E-state index contributed by atoms with van der Waals surface area (Å²) in [5, 5.41) is 0.0812. The maximum absolute atomic E-state index is 13.2. The van der Waals surface area contributed by atoms with E-state index in [1.807, 2.05) is 6.92 Å². The van der Waals surface area contributed by atoms with Crippen molar-refractivity contribution in [3.8, 4) is 0 Å². The number of anilines is 1. The van der Waals surface area contributed by atoms with Crippen molar-refractivity contribution in [3.63, 3.8) is 0 Å². The van der Waals surface area contributed by atoms with Crippen LogP contribution in [0.4, 0.5) is 10.1 Å². The molecule has 1 unspecified atom stereocenters. The van der Waals surface area contributed by atoms with Crippen LogP contribution in [0.5, 0.6) is 0 Å². The summed E-state index contributed by atoms with van der Waals surface area (Å²) in [4.78, 5) is -0.132. The molecule has 2 N–H and O–H groups in total. The Bertz CT molecular complexity index is 595. The average Bonchev–Trinajstić information content (AvgIpc) is 2.33. The maximum Gasteiger partial charge on any atom is 0.244 e. The third kappa shape index (κ3) is 2.99. The summed E-state index contributed by atoms with van der Waals surface area (Å²) in [5.74, 6) is 0.0147. The van der Waals surface area contributed by atoms with Gasteiger partial charge in [0.15, 0.2) is 0 Å². The topological polar surface area (TPSA) is 63.4 Å². The minimum absolute atomic E-state index is 0.132. The fourth-order valence-electron chi connectivity index (χ4n) is 1.89. The van der Waals surface area contributed by atoms with Gasteiger partial charge in [0.25, 0.3) is 0 Å². The van der Waals surface area contributed by atoms with E-state index in [0.29, 0.717) is 13.1 Å². The Morgan fingerprint density at radius 2 is 2.21 bits per heavy atom. The van der Waals surface area contributed by atoms with Crippen molar-refractivity contribution in [3.05, 3.63) is 23.0 Å². The van der Waals surface area contributed by atoms with E-state index in [1.165, 1.54) is 4.31 Å². The monoisotopic (exact) mass is 324 g/mol. The van der Waals surface area contributed by atoms with E-state index >= 15 is 0 Å². The number of halogens is 2. The Balaban J connectivity index is 2.42. The molecule has 2 rings (SSSR count). The molecule has 0 aromatic heterocycles. The van der Waals surface area contributed by atoms with Crippen molar-refractivity contribution in [1.29, 1.82) is 0 Å². The molecule has 1 aromatic carbocycles. The third-order valence-electron chi connectivity index (χ3n) is 2.87. The fraction of sp³-hybridized carbons (Fsp3) is 0.455. The van der Waals surface area contributed by atoms with Gasteiger partial charge in [-0.3, -0.25) is 0 Å². The first-order chi connectivity index (χ1) is 8.82. The Morgan fingerprint density at radius 3 is 2.84 bits per heavy atom. The molecule has 1 heterocycles. The van der Waals surface area contributed by atoms with Gasteiger partial charge in [-0.2, -0.15) is 16.1 Å². The minimum atomic E-state index is -3.72. The first-order valence-electron chi connectivity index (χ1n) is 5.68. The molecule has 19 heavy (non-hydrogen) atoms. The first kappa shape index (κ1) is 14.9. The van der Waals surface area contributed by atoms with Gasteiger partial charge >= 0.3 is 0 Å². The van der Waals surface area contributed by atoms with E-state index in [-0.39, 0.29) is 20.9 Å². The lowest BCUT2D eigenvalue weighted by molar-refractivity contribution is 0.424. The highest BCUT2D eigenvalue weighted by atomic mass is 35.5. The zero-order valence-electron chi connectivity index (χ0n) is 10.3. The van der Waals surface area contributed by atoms with Gasteiger partial charge in [0, 0.05) is 24.1 Å². The van der Waals surface area contributed by atoms with Gasteiger partial charge in [0.05, 0.1) is 10.7 Å². The van der Waals surface area contributed by atoms with E-state index in [9.17, 15) is 12.8 Å². The predicted molar refractivity (Wildman–Crippen MR) is 76.5 cm³/mol. The quantitative estimate of drug-likeness (QED) is 0.847. The summed E-state index contributed by atoms with van der Waals surface area (Å²) in [7, 11) is -3.72. The van der Waals surface area contributed by atoms with Crippen molar-refractivity contribution in [2.75, 3.05) is 24.6 Å². The van der Waals surface area contributed by atoms with Gasteiger partial charge in [0.2, 0.25) is 10.0 Å². The zero-order chi connectivity index (χ0) is 14.2. The average molecular weight is 325 g/mol. The first-order valence-corrected chi connectivity index (χ1v) is 8.55. The number of benzene rings is 1. The van der Waals surface area contributed by atoms with Gasteiger partial charge in [-0.15, -0.1) is 0 Å². The van der Waals surface area contributed by atoms with Crippen LogP contribution in [-0.4, -0.2) is 36.8 Å². The molecule has 1 aliphatic heterocycles. The van der Waals surface area contributed by atoms with Gasteiger partial charge in [-0.05, 0) is 12.1 Å². The number of nitrogens with two attached hydrogens (primary N) is 1. The molecule has 1 atom stereocenters. The van der Waals surface area contributed by atoms with E-state index in [4.69, 9.17) is 17.3 Å². The predicted octanol–water partition coefficient (Wildman–Crippen LogP) is 2.19. The summed E-state index contributed by atoms with van der Waals surface area (Å²) in [6, 6.07) is 2.02. The van der Waals surface area contributed by atoms with E-state index < -0.39 is 15.8 Å². The van der Waals surface area contributed by atoms with E-state index in [1.54, 1.807) is 11.8 Å². The minimum Gasteiger partial charge on any atom is -0.396 e. The standard InChI is InChI=1S/C11H14ClFN2O2S2/c1-7-6-15(2-3-18-7)19(16,17)11-5-10(14)9(13)4-8(11)12/h4-5,7H,2-3,6,14H2,1H3. The molecular weight excluding hydrogens is 311 g/mol. The summed E-state index contributed by atoms with van der Waals surface area (Å²) in [6.45, 7) is 2.80. The van der Waals surface area contributed by atoms with E-state index in [2.05, 4.69) is 0 Å². The Hall–Kier alpha value is -0.500. The lowest BCUT2D eigenvalue weighted by Crippen LogP contribution is -2.41. The van der Waals surface area contributed by atoms with Crippen LogP contribution in [0, 0.1) is 5.82 Å². The molecule has 4 nitrogen and oxygen atoms in total. The number of nitrogen functional groups attached to an aromatic ring is 1. The normalized spacial score (nSPS) is 21.5. The summed E-state index contributed by atoms with van der Waals surface area (Å²) in [6.07, 6.45) is 0. The van der Waals surface area contributed by atoms with Crippen molar-refractivity contribution >= 4 is 39.1 Å². The van der Waals surface area contributed by atoms with Crippen molar-refractivity contribution in [2.45, 2.75) is 17.1 Å². The van der Waals surface area contributed by atoms with Crippen LogP contribution in [0.15, 0.2) is 17.0 Å². The molecule has 0 amide bonds. The number of thioether (sulfide) groups is 1. The number of rotatable bonds is 2. The van der Waals surface area contributed by atoms with E-state index in [0.717, 1.165) is 17.9 Å². The molecular formula is C11H14ClFN2O2S2. The number of hydrogen-bond acceptors (Lipinski definition) is 4. The highest BCUT2D eigenvalue weighted by Crippen LogP contribution is 2.31. The van der Waals surface area contributed by atoms with Crippen LogP contribution in [0.3, 0.4) is 0 Å². The molecule has 106 valence electrons. The summed E-state index contributed by atoms with van der Waals surface area (Å²) in [5.41, 5.74) is 5.20.